The lowest BCUT2D eigenvalue weighted by Gasteiger charge is -2.40. The van der Waals surface area contributed by atoms with Gasteiger partial charge in [0.25, 0.3) is 0 Å². The quantitative estimate of drug-likeness (QED) is 0.807. The zero-order valence-electron chi connectivity index (χ0n) is 7.32. The molecule has 1 aliphatic rings. The summed E-state index contributed by atoms with van der Waals surface area (Å²) in [5.41, 5.74) is -0.0139. The first-order valence-corrected chi connectivity index (χ1v) is 5.37. The summed E-state index contributed by atoms with van der Waals surface area (Å²) in [6.07, 6.45) is 3.55. The van der Waals surface area contributed by atoms with Crippen molar-refractivity contribution in [3.8, 4) is 0 Å². The Labute approximate surface area is 81.2 Å². The molecule has 2 nitrogen and oxygen atoms in total. The number of hydrogen-bond donors (Lipinski definition) is 1. The van der Waals surface area contributed by atoms with Crippen LogP contribution in [-0.4, -0.2) is 11.1 Å². The SMILES string of the molecule is O=C(O)CC1(c2cccs2)CCC1. The number of hydrogen-bond acceptors (Lipinski definition) is 2. The second-order valence-electron chi connectivity index (χ2n) is 3.68. The second kappa shape index (κ2) is 3.14. The standard InChI is InChI=1S/C10H12O2S/c11-9(12)7-10(4-2-5-10)8-3-1-6-13-8/h1,3,6H,2,4-5,7H2,(H,11,12). The van der Waals surface area contributed by atoms with Crippen LogP contribution < -0.4 is 0 Å². The second-order valence-corrected chi connectivity index (χ2v) is 4.63. The third kappa shape index (κ3) is 1.48. The summed E-state index contributed by atoms with van der Waals surface area (Å²) in [4.78, 5) is 12.0. The Balaban J connectivity index is 2.20. The summed E-state index contributed by atoms with van der Waals surface area (Å²) in [5, 5.41) is 10.8. The van der Waals surface area contributed by atoms with Gasteiger partial charge in [-0.3, -0.25) is 4.79 Å². The van der Waals surface area contributed by atoms with Crippen LogP contribution in [-0.2, 0) is 10.2 Å². The van der Waals surface area contributed by atoms with E-state index < -0.39 is 5.97 Å². The lowest BCUT2D eigenvalue weighted by molar-refractivity contribution is -0.139. The largest absolute Gasteiger partial charge is 0.481 e. The van der Waals surface area contributed by atoms with Gasteiger partial charge in [0, 0.05) is 10.3 Å². The molecule has 0 saturated heterocycles. The molecule has 1 saturated carbocycles. The summed E-state index contributed by atoms with van der Waals surface area (Å²) >= 11 is 1.68. The van der Waals surface area contributed by atoms with Crippen molar-refractivity contribution in [2.75, 3.05) is 0 Å². The van der Waals surface area contributed by atoms with Crippen LogP contribution in [0.25, 0.3) is 0 Å². The molecule has 0 spiro atoms. The average Bonchev–Trinajstić information content (AvgIpc) is 2.48. The highest BCUT2D eigenvalue weighted by Gasteiger charge is 2.41. The topological polar surface area (TPSA) is 37.3 Å². The summed E-state index contributed by atoms with van der Waals surface area (Å²) in [5.74, 6) is -0.673. The van der Waals surface area contributed by atoms with E-state index in [-0.39, 0.29) is 5.41 Å². The molecule has 0 aliphatic heterocycles. The fourth-order valence-electron chi connectivity index (χ4n) is 1.98. The molecular formula is C10H12O2S. The molecule has 0 atom stereocenters. The molecule has 0 aromatic carbocycles. The maximum absolute atomic E-state index is 10.7. The Morgan fingerprint density at radius 1 is 1.62 bits per heavy atom. The van der Waals surface area contributed by atoms with Gasteiger partial charge in [-0.05, 0) is 24.3 Å². The van der Waals surface area contributed by atoms with E-state index in [1.165, 1.54) is 11.3 Å². The minimum Gasteiger partial charge on any atom is -0.481 e. The highest BCUT2D eigenvalue weighted by molar-refractivity contribution is 7.10. The van der Waals surface area contributed by atoms with Gasteiger partial charge in [-0.1, -0.05) is 12.5 Å². The maximum Gasteiger partial charge on any atom is 0.304 e. The number of carboxylic acid groups (broad SMARTS) is 1. The first-order valence-electron chi connectivity index (χ1n) is 4.49. The van der Waals surface area contributed by atoms with E-state index in [0.717, 1.165) is 12.8 Å². The van der Waals surface area contributed by atoms with Crippen molar-refractivity contribution in [2.24, 2.45) is 0 Å². The van der Waals surface area contributed by atoms with E-state index >= 15 is 0 Å². The van der Waals surface area contributed by atoms with Crippen molar-refractivity contribution >= 4 is 17.3 Å². The molecule has 1 heterocycles. The fourth-order valence-corrected chi connectivity index (χ4v) is 2.97. The van der Waals surface area contributed by atoms with E-state index in [9.17, 15) is 4.79 Å². The maximum atomic E-state index is 10.7. The number of carboxylic acids is 1. The van der Waals surface area contributed by atoms with Gasteiger partial charge < -0.3 is 5.11 Å². The van der Waals surface area contributed by atoms with E-state index in [0.29, 0.717) is 6.42 Å². The highest BCUT2D eigenvalue weighted by Crippen LogP contribution is 2.48. The predicted octanol–water partition coefficient (Wildman–Crippen LogP) is 2.64. The van der Waals surface area contributed by atoms with E-state index in [1.807, 2.05) is 11.4 Å². The summed E-state index contributed by atoms with van der Waals surface area (Å²) < 4.78 is 0. The molecule has 1 N–H and O–H groups in total. The van der Waals surface area contributed by atoms with Gasteiger partial charge in [0.05, 0.1) is 6.42 Å². The van der Waals surface area contributed by atoms with E-state index in [2.05, 4.69) is 6.07 Å². The smallest absolute Gasteiger partial charge is 0.304 e. The van der Waals surface area contributed by atoms with Crippen LogP contribution in [0.3, 0.4) is 0 Å². The lowest BCUT2D eigenvalue weighted by Crippen LogP contribution is -2.35. The third-order valence-corrected chi connectivity index (χ3v) is 3.96. The zero-order valence-corrected chi connectivity index (χ0v) is 8.14. The minimum absolute atomic E-state index is 0.0139. The number of aliphatic carboxylic acids is 1. The molecule has 1 fully saturated rings. The number of thiophene rings is 1. The molecule has 0 radical (unpaired) electrons. The molecule has 0 unspecified atom stereocenters. The van der Waals surface area contributed by atoms with Crippen molar-refractivity contribution in [1.29, 1.82) is 0 Å². The van der Waals surface area contributed by atoms with Crippen LogP contribution in [0, 0.1) is 0 Å². The van der Waals surface area contributed by atoms with Gasteiger partial charge in [-0.2, -0.15) is 0 Å². The van der Waals surface area contributed by atoms with Crippen molar-refractivity contribution in [3.63, 3.8) is 0 Å². The molecule has 70 valence electrons. The Bertz CT molecular complexity index is 299. The first kappa shape index (κ1) is 8.75. The number of carbonyl (C=O) groups is 1. The Morgan fingerprint density at radius 2 is 2.38 bits per heavy atom. The van der Waals surface area contributed by atoms with Crippen LogP contribution in [0.5, 0.6) is 0 Å². The van der Waals surface area contributed by atoms with Gasteiger partial charge in [-0.15, -0.1) is 11.3 Å². The molecular weight excluding hydrogens is 184 g/mol. The molecule has 0 bridgehead atoms. The van der Waals surface area contributed by atoms with Crippen LogP contribution in [0.15, 0.2) is 17.5 Å². The van der Waals surface area contributed by atoms with Gasteiger partial charge in [-0.25, -0.2) is 0 Å². The summed E-state index contributed by atoms with van der Waals surface area (Å²) in [6, 6.07) is 4.06. The fraction of sp³-hybridized carbons (Fsp3) is 0.500. The van der Waals surface area contributed by atoms with Crippen LogP contribution in [0.1, 0.15) is 30.6 Å². The zero-order chi connectivity index (χ0) is 9.31. The third-order valence-electron chi connectivity index (χ3n) is 2.84. The van der Waals surface area contributed by atoms with Crippen LogP contribution in [0.4, 0.5) is 0 Å². The normalized spacial score (nSPS) is 19.4. The summed E-state index contributed by atoms with van der Waals surface area (Å²) in [7, 11) is 0. The number of rotatable bonds is 3. The molecule has 2 rings (SSSR count). The monoisotopic (exact) mass is 196 g/mol. The van der Waals surface area contributed by atoms with Crippen molar-refractivity contribution < 1.29 is 9.90 Å². The molecule has 1 aromatic rings. The molecule has 0 amide bonds. The highest BCUT2D eigenvalue weighted by atomic mass is 32.1. The predicted molar refractivity (Wildman–Crippen MR) is 52.1 cm³/mol. The van der Waals surface area contributed by atoms with Crippen molar-refractivity contribution in [2.45, 2.75) is 31.1 Å². The molecule has 3 heteroatoms. The molecule has 13 heavy (non-hydrogen) atoms. The van der Waals surface area contributed by atoms with Crippen LogP contribution in [0.2, 0.25) is 0 Å². The minimum atomic E-state index is -0.673. The van der Waals surface area contributed by atoms with Crippen molar-refractivity contribution in [3.05, 3.63) is 22.4 Å². The molecule has 1 aliphatic carbocycles. The van der Waals surface area contributed by atoms with Gasteiger partial charge in [0.1, 0.15) is 0 Å². The van der Waals surface area contributed by atoms with Gasteiger partial charge in [0.15, 0.2) is 0 Å². The lowest BCUT2D eigenvalue weighted by atomic mass is 9.66. The summed E-state index contributed by atoms with van der Waals surface area (Å²) in [6.45, 7) is 0. The first-order chi connectivity index (χ1) is 6.23. The van der Waals surface area contributed by atoms with E-state index in [4.69, 9.17) is 5.11 Å². The van der Waals surface area contributed by atoms with Crippen LogP contribution >= 0.6 is 11.3 Å². The Hall–Kier alpha value is -0.830. The van der Waals surface area contributed by atoms with Gasteiger partial charge >= 0.3 is 5.97 Å². The Kier molecular flexibility index (Phi) is 2.12. The molecule has 1 aromatic heterocycles. The Morgan fingerprint density at radius 3 is 2.77 bits per heavy atom. The average molecular weight is 196 g/mol. The van der Waals surface area contributed by atoms with E-state index in [1.54, 1.807) is 11.3 Å². The van der Waals surface area contributed by atoms with Crippen molar-refractivity contribution in [1.82, 2.24) is 0 Å². The van der Waals surface area contributed by atoms with Gasteiger partial charge in [0.2, 0.25) is 0 Å².